The predicted molar refractivity (Wildman–Crippen MR) is 58.5 cm³/mol. The summed E-state index contributed by atoms with van der Waals surface area (Å²) in [5.41, 5.74) is 0.350. The van der Waals surface area contributed by atoms with E-state index in [2.05, 4.69) is 0 Å². The molecule has 1 amide bonds. The Morgan fingerprint density at radius 1 is 1.31 bits per heavy atom. The topological polar surface area (TPSA) is 77.8 Å². The molecule has 16 heavy (non-hydrogen) atoms. The number of amides is 1. The van der Waals surface area contributed by atoms with Gasteiger partial charge in [0.2, 0.25) is 5.91 Å². The van der Waals surface area contributed by atoms with E-state index in [1.54, 1.807) is 18.2 Å². The number of carboxylic acids is 1. The van der Waals surface area contributed by atoms with Crippen molar-refractivity contribution >= 4 is 17.6 Å². The van der Waals surface area contributed by atoms with Crippen LogP contribution in [0.2, 0.25) is 0 Å². The summed E-state index contributed by atoms with van der Waals surface area (Å²) in [6.07, 6.45) is 0. The zero-order chi connectivity index (χ0) is 12.1. The third-order valence-electron chi connectivity index (χ3n) is 2.13. The number of rotatable bonds is 4. The number of carbonyl (C=O) groups excluding carboxylic acids is 1. The Balaban J connectivity index is 3.17. The van der Waals surface area contributed by atoms with Crippen LogP contribution < -0.4 is 4.90 Å². The molecular formula is C11H13NO4. The number of carboxylic acid groups (broad SMARTS) is 1. The maximum atomic E-state index is 11.3. The molecule has 1 aromatic rings. The van der Waals surface area contributed by atoms with Gasteiger partial charge in [0.05, 0.1) is 17.9 Å². The number of aromatic carboxylic acids is 1. The molecule has 0 bridgehead atoms. The second kappa shape index (κ2) is 5.27. The molecule has 5 nitrogen and oxygen atoms in total. The van der Waals surface area contributed by atoms with Gasteiger partial charge in [-0.3, -0.25) is 4.79 Å². The van der Waals surface area contributed by atoms with Gasteiger partial charge in [-0.15, -0.1) is 0 Å². The molecule has 1 aromatic carbocycles. The SMILES string of the molecule is CC(=O)N(CCO)c1ccccc1C(=O)O. The minimum Gasteiger partial charge on any atom is -0.478 e. The highest BCUT2D eigenvalue weighted by atomic mass is 16.4. The first-order valence-electron chi connectivity index (χ1n) is 4.79. The summed E-state index contributed by atoms with van der Waals surface area (Å²) in [5.74, 6) is -1.40. The van der Waals surface area contributed by atoms with Crippen LogP contribution in [0.1, 0.15) is 17.3 Å². The molecule has 1 rings (SSSR count). The van der Waals surface area contributed by atoms with Crippen LogP contribution in [0.5, 0.6) is 0 Å². The van der Waals surface area contributed by atoms with Gasteiger partial charge in [-0.1, -0.05) is 12.1 Å². The molecule has 86 valence electrons. The highest BCUT2D eigenvalue weighted by Crippen LogP contribution is 2.20. The molecule has 0 radical (unpaired) electrons. The highest BCUT2D eigenvalue weighted by molar-refractivity contribution is 6.01. The Morgan fingerprint density at radius 2 is 1.94 bits per heavy atom. The highest BCUT2D eigenvalue weighted by Gasteiger charge is 2.17. The number of aliphatic hydroxyl groups is 1. The Labute approximate surface area is 92.9 Å². The lowest BCUT2D eigenvalue weighted by molar-refractivity contribution is -0.116. The van der Waals surface area contributed by atoms with Crippen molar-refractivity contribution in [1.29, 1.82) is 0 Å². The van der Waals surface area contributed by atoms with Crippen LogP contribution in [0.25, 0.3) is 0 Å². The molecule has 0 saturated heterocycles. The van der Waals surface area contributed by atoms with Crippen LogP contribution in [0.15, 0.2) is 24.3 Å². The van der Waals surface area contributed by atoms with E-state index < -0.39 is 5.97 Å². The molecule has 0 unspecified atom stereocenters. The van der Waals surface area contributed by atoms with Crippen molar-refractivity contribution in [2.75, 3.05) is 18.1 Å². The Hall–Kier alpha value is -1.88. The van der Waals surface area contributed by atoms with Crippen LogP contribution in [0.4, 0.5) is 5.69 Å². The number of hydrogen-bond donors (Lipinski definition) is 2. The van der Waals surface area contributed by atoms with Crippen molar-refractivity contribution < 1.29 is 19.8 Å². The molecule has 0 atom stereocenters. The van der Waals surface area contributed by atoms with Crippen molar-refractivity contribution in [3.05, 3.63) is 29.8 Å². The Morgan fingerprint density at radius 3 is 2.44 bits per heavy atom. The maximum absolute atomic E-state index is 11.3. The van der Waals surface area contributed by atoms with Gasteiger partial charge >= 0.3 is 5.97 Å². The van der Waals surface area contributed by atoms with Gasteiger partial charge in [0.1, 0.15) is 0 Å². The number of para-hydroxylation sites is 1. The standard InChI is InChI=1S/C11H13NO4/c1-8(14)12(6-7-13)10-5-3-2-4-9(10)11(15)16/h2-5,13H,6-7H2,1H3,(H,15,16). The molecule has 0 spiro atoms. The van der Waals surface area contributed by atoms with E-state index in [0.29, 0.717) is 5.69 Å². The first-order chi connectivity index (χ1) is 7.57. The number of hydrogen-bond acceptors (Lipinski definition) is 3. The molecule has 0 aliphatic heterocycles. The lowest BCUT2D eigenvalue weighted by Crippen LogP contribution is -2.32. The summed E-state index contributed by atoms with van der Waals surface area (Å²) in [6.45, 7) is 1.20. The molecule has 0 saturated carbocycles. The smallest absolute Gasteiger partial charge is 0.337 e. The molecule has 5 heteroatoms. The normalized spacial score (nSPS) is 9.88. The number of carbonyl (C=O) groups is 2. The fraction of sp³-hybridized carbons (Fsp3) is 0.273. The minimum absolute atomic E-state index is 0.0474. The molecule has 0 aliphatic rings. The van der Waals surface area contributed by atoms with Crippen LogP contribution in [0, 0.1) is 0 Å². The predicted octanol–water partition coefficient (Wildman–Crippen LogP) is 0.730. The molecular weight excluding hydrogens is 210 g/mol. The maximum Gasteiger partial charge on any atom is 0.337 e. The molecule has 0 fully saturated rings. The van der Waals surface area contributed by atoms with E-state index in [1.807, 2.05) is 0 Å². The second-order valence-electron chi connectivity index (χ2n) is 3.22. The largest absolute Gasteiger partial charge is 0.478 e. The lowest BCUT2D eigenvalue weighted by atomic mass is 10.1. The summed E-state index contributed by atoms with van der Waals surface area (Å²) in [7, 11) is 0. The third-order valence-corrected chi connectivity index (χ3v) is 2.13. The van der Waals surface area contributed by atoms with Gasteiger partial charge in [0.15, 0.2) is 0 Å². The van der Waals surface area contributed by atoms with Gasteiger partial charge in [-0.05, 0) is 12.1 Å². The quantitative estimate of drug-likeness (QED) is 0.788. The number of nitrogens with zero attached hydrogens (tertiary/aromatic N) is 1. The van der Waals surface area contributed by atoms with Crippen molar-refractivity contribution in [2.45, 2.75) is 6.92 Å². The number of anilines is 1. The van der Waals surface area contributed by atoms with Crippen LogP contribution >= 0.6 is 0 Å². The first kappa shape index (κ1) is 12.2. The summed E-state index contributed by atoms with van der Waals surface area (Å²) in [6, 6.07) is 6.20. The summed E-state index contributed by atoms with van der Waals surface area (Å²) in [4.78, 5) is 23.5. The van der Waals surface area contributed by atoms with Crippen LogP contribution in [-0.4, -0.2) is 35.2 Å². The van der Waals surface area contributed by atoms with E-state index in [0.717, 1.165) is 0 Å². The van der Waals surface area contributed by atoms with E-state index in [1.165, 1.54) is 17.9 Å². The van der Waals surface area contributed by atoms with E-state index >= 15 is 0 Å². The first-order valence-corrected chi connectivity index (χ1v) is 4.79. The van der Waals surface area contributed by atoms with Gasteiger partial charge in [-0.2, -0.15) is 0 Å². The van der Waals surface area contributed by atoms with Gasteiger partial charge in [0, 0.05) is 13.5 Å². The monoisotopic (exact) mass is 223 g/mol. The fourth-order valence-electron chi connectivity index (χ4n) is 1.44. The van der Waals surface area contributed by atoms with E-state index in [-0.39, 0.29) is 24.6 Å². The van der Waals surface area contributed by atoms with E-state index in [4.69, 9.17) is 10.2 Å². The molecule has 0 aliphatic carbocycles. The Kier molecular flexibility index (Phi) is 4.02. The third kappa shape index (κ3) is 2.58. The van der Waals surface area contributed by atoms with Gasteiger partial charge in [0.25, 0.3) is 0 Å². The number of benzene rings is 1. The van der Waals surface area contributed by atoms with Gasteiger partial charge < -0.3 is 15.1 Å². The average molecular weight is 223 g/mol. The van der Waals surface area contributed by atoms with Crippen LogP contribution in [-0.2, 0) is 4.79 Å². The second-order valence-corrected chi connectivity index (χ2v) is 3.22. The zero-order valence-electron chi connectivity index (χ0n) is 8.88. The van der Waals surface area contributed by atoms with Crippen molar-refractivity contribution in [2.24, 2.45) is 0 Å². The van der Waals surface area contributed by atoms with Crippen molar-refractivity contribution in [1.82, 2.24) is 0 Å². The van der Waals surface area contributed by atoms with E-state index in [9.17, 15) is 9.59 Å². The summed E-state index contributed by atoms with van der Waals surface area (Å²) >= 11 is 0. The van der Waals surface area contributed by atoms with Gasteiger partial charge in [-0.25, -0.2) is 4.79 Å². The Bertz CT molecular complexity index is 403. The lowest BCUT2D eigenvalue weighted by Gasteiger charge is -2.21. The average Bonchev–Trinajstić information content (AvgIpc) is 2.25. The fourth-order valence-corrected chi connectivity index (χ4v) is 1.44. The van der Waals surface area contributed by atoms with Crippen molar-refractivity contribution in [3.63, 3.8) is 0 Å². The number of aliphatic hydroxyl groups excluding tert-OH is 1. The zero-order valence-corrected chi connectivity index (χ0v) is 8.88. The van der Waals surface area contributed by atoms with Crippen molar-refractivity contribution in [3.8, 4) is 0 Å². The summed E-state index contributed by atoms with van der Waals surface area (Å²) in [5, 5.41) is 17.8. The summed E-state index contributed by atoms with van der Waals surface area (Å²) < 4.78 is 0. The molecule has 0 aromatic heterocycles. The van der Waals surface area contributed by atoms with Crippen LogP contribution in [0.3, 0.4) is 0 Å². The minimum atomic E-state index is -1.10. The molecule has 0 heterocycles. The molecule has 2 N–H and O–H groups in total.